The van der Waals surface area contributed by atoms with Crippen molar-refractivity contribution in [3.8, 4) is 5.75 Å². The van der Waals surface area contributed by atoms with Crippen molar-refractivity contribution in [3.63, 3.8) is 0 Å². The van der Waals surface area contributed by atoms with E-state index in [-0.39, 0.29) is 29.9 Å². The van der Waals surface area contributed by atoms with Crippen molar-refractivity contribution in [2.75, 3.05) is 26.7 Å². The first-order valence-electron chi connectivity index (χ1n) is 8.91. The van der Waals surface area contributed by atoms with Gasteiger partial charge in [0.25, 0.3) is 5.91 Å². The van der Waals surface area contributed by atoms with Crippen LogP contribution in [0.25, 0.3) is 0 Å². The SMILES string of the molecule is CNC1CN(S(=O)(=O)NC(=O)c2cc(Cl)c(OCC3CCCC3)cc2F)C1. The van der Waals surface area contributed by atoms with Gasteiger partial charge in [-0.15, -0.1) is 0 Å². The van der Waals surface area contributed by atoms with Gasteiger partial charge in [-0.05, 0) is 31.9 Å². The Hall–Kier alpha value is -1.42. The van der Waals surface area contributed by atoms with Gasteiger partial charge in [0.2, 0.25) is 0 Å². The number of hydrogen-bond donors (Lipinski definition) is 2. The van der Waals surface area contributed by atoms with E-state index in [0.717, 1.165) is 42.1 Å². The van der Waals surface area contributed by atoms with Crippen LogP contribution in [0.4, 0.5) is 4.39 Å². The van der Waals surface area contributed by atoms with E-state index in [1.54, 1.807) is 7.05 Å². The molecule has 150 valence electrons. The molecule has 1 aromatic carbocycles. The summed E-state index contributed by atoms with van der Waals surface area (Å²) in [6, 6.07) is 2.16. The molecule has 1 aromatic rings. The highest BCUT2D eigenvalue weighted by Crippen LogP contribution is 2.31. The molecule has 10 heteroatoms. The average molecular weight is 420 g/mol. The minimum absolute atomic E-state index is 0.0409. The highest BCUT2D eigenvalue weighted by Gasteiger charge is 2.36. The number of carbonyl (C=O) groups is 1. The number of rotatable bonds is 7. The molecule has 3 rings (SSSR count). The summed E-state index contributed by atoms with van der Waals surface area (Å²) in [4.78, 5) is 12.2. The van der Waals surface area contributed by atoms with Crippen LogP contribution in [0.15, 0.2) is 12.1 Å². The Kier molecular flexibility index (Phi) is 6.25. The second-order valence-electron chi connectivity index (χ2n) is 6.96. The lowest BCUT2D eigenvalue weighted by Gasteiger charge is -2.37. The molecule has 27 heavy (non-hydrogen) atoms. The first kappa shape index (κ1) is 20.3. The normalized spacial score (nSPS) is 19.1. The van der Waals surface area contributed by atoms with Crippen LogP contribution in [-0.2, 0) is 10.2 Å². The molecule has 1 aliphatic carbocycles. The summed E-state index contributed by atoms with van der Waals surface area (Å²) in [5.41, 5.74) is -0.442. The first-order valence-corrected chi connectivity index (χ1v) is 10.7. The Bertz CT molecular complexity index is 809. The third kappa shape index (κ3) is 4.71. The van der Waals surface area contributed by atoms with Crippen LogP contribution in [0.1, 0.15) is 36.0 Å². The highest BCUT2D eigenvalue weighted by molar-refractivity contribution is 7.87. The van der Waals surface area contributed by atoms with Gasteiger partial charge in [-0.3, -0.25) is 4.79 Å². The zero-order chi connectivity index (χ0) is 19.6. The summed E-state index contributed by atoms with van der Waals surface area (Å²) in [6.45, 7) is 0.938. The summed E-state index contributed by atoms with van der Waals surface area (Å²) in [7, 11) is -2.30. The molecule has 0 spiro atoms. The van der Waals surface area contributed by atoms with Crippen LogP contribution in [-0.4, -0.2) is 51.4 Å². The molecule has 0 aromatic heterocycles. The van der Waals surface area contributed by atoms with Crippen LogP contribution < -0.4 is 14.8 Å². The van der Waals surface area contributed by atoms with Gasteiger partial charge in [-0.1, -0.05) is 24.4 Å². The highest BCUT2D eigenvalue weighted by atomic mass is 35.5. The van der Waals surface area contributed by atoms with Gasteiger partial charge in [0.05, 0.1) is 17.2 Å². The van der Waals surface area contributed by atoms with Gasteiger partial charge in [0.15, 0.2) is 0 Å². The maximum absolute atomic E-state index is 14.4. The van der Waals surface area contributed by atoms with Crippen molar-refractivity contribution in [3.05, 3.63) is 28.5 Å². The van der Waals surface area contributed by atoms with Crippen molar-refractivity contribution < 1.29 is 22.3 Å². The molecule has 2 fully saturated rings. The fourth-order valence-electron chi connectivity index (χ4n) is 3.25. The number of carbonyl (C=O) groups excluding carboxylic acids is 1. The number of nitrogens with zero attached hydrogens (tertiary/aromatic N) is 1. The van der Waals surface area contributed by atoms with Crippen molar-refractivity contribution in [2.24, 2.45) is 5.92 Å². The minimum atomic E-state index is -4.02. The molecule has 0 radical (unpaired) electrons. The molecule has 2 N–H and O–H groups in total. The molecule has 1 heterocycles. The minimum Gasteiger partial charge on any atom is -0.492 e. The Morgan fingerprint density at radius 3 is 2.63 bits per heavy atom. The summed E-state index contributed by atoms with van der Waals surface area (Å²) < 4.78 is 47.2. The molecule has 1 aliphatic heterocycles. The van der Waals surface area contributed by atoms with E-state index in [0.29, 0.717) is 12.5 Å². The van der Waals surface area contributed by atoms with Gasteiger partial charge in [0.1, 0.15) is 11.6 Å². The number of nitrogens with one attached hydrogen (secondary N) is 2. The molecule has 7 nitrogen and oxygen atoms in total. The van der Waals surface area contributed by atoms with E-state index in [2.05, 4.69) is 5.32 Å². The largest absolute Gasteiger partial charge is 0.492 e. The number of amides is 1. The van der Waals surface area contributed by atoms with E-state index < -0.39 is 27.5 Å². The van der Waals surface area contributed by atoms with Gasteiger partial charge < -0.3 is 10.1 Å². The van der Waals surface area contributed by atoms with E-state index in [1.165, 1.54) is 0 Å². The Balaban J connectivity index is 1.65. The van der Waals surface area contributed by atoms with Gasteiger partial charge in [-0.25, -0.2) is 9.11 Å². The first-order chi connectivity index (χ1) is 12.8. The zero-order valence-electron chi connectivity index (χ0n) is 15.0. The van der Waals surface area contributed by atoms with Crippen molar-refractivity contribution in [1.82, 2.24) is 14.3 Å². The molecule has 0 unspecified atom stereocenters. The van der Waals surface area contributed by atoms with Crippen molar-refractivity contribution in [2.45, 2.75) is 31.7 Å². The second kappa shape index (κ2) is 8.30. The fraction of sp³-hybridized carbons (Fsp3) is 0.588. The number of benzene rings is 1. The van der Waals surface area contributed by atoms with Crippen molar-refractivity contribution >= 4 is 27.7 Å². The molecular weight excluding hydrogens is 397 g/mol. The molecule has 0 atom stereocenters. The predicted octanol–water partition coefficient (Wildman–Crippen LogP) is 1.93. The average Bonchev–Trinajstić information content (AvgIpc) is 3.07. The van der Waals surface area contributed by atoms with Crippen LogP contribution in [0.5, 0.6) is 5.75 Å². The van der Waals surface area contributed by atoms with Gasteiger partial charge in [0, 0.05) is 25.2 Å². The van der Waals surface area contributed by atoms with E-state index in [1.807, 2.05) is 4.72 Å². The second-order valence-corrected chi connectivity index (χ2v) is 9.04. The van der Waals surface area contributed by atoms with Crippen LogP contribution in [0, 0.1) is 11.7 Å². The van der Waals surface area contributed by atoms with Gasteiger partial charge in [-0.2, -0.15) is 12.7 Å². The quantitative estimate of drug-likeness (QED) is 0.705. The number of likely N-dealkylation sites (N-methyl/N-ethyl adjacent to an activating group) is 1. The van der Waals surface area contributed by atoms with Gasteiger partial charge >= 0.3 is 10.2 Å². The summed E-state index contributed by atoms with van der Waals surface area (Å²) in [6.07, 6.45) is 4.47. The Morgan fingerprint density at radius 1 is 1.33 bits per heavy atom. The summed E-state index contributed by atoms with van der Waals surface area (Å²) in [5.74, 6) is -1.37. The lowest BCUT2D eigenvalue weighted by molar-refractivity contribution is 0.0972. The molecule has 1 saturated heterocycles. The maximum atomic E-state index is 14.4. The predicted molar refractivity (Wildman–Crippen MR) is 99.7 cm³/mol. The summed E-state index contributed by atoms with van der Waals surface area (Å²) in [5, 5.41) is 3.00. The van der Waals surface area contributed by atoms with Crippen LogP contribution >= 0.6 is 11.6 Å². The Labute approximate surface area is 163 Å². The molecule has 1 saturated carbocycles. The van der Waals surface area contributed by atoms with E-state index >= 15 is 0 Å². The van der Waals surface area contributed by atoms with Crippen LogP contribution in [0.2, 0.25) is 5.02 Å². The monoisotopic (exact) mass is 419 g/mol. The molecular formula is C17H23ClFN3O4S. The fourth-order valence-corrected chi connectivity index (χ4v) is 4.70. The van der Waals surface area contributed by atoms with E-state index in [4.69, 9.17) is 16.3 Å². The molecule has 1 amide bonds. The van der Waals surface area contributed by atoms with E-state index in [9.17, 15) is 17.6 Å². The summed E-state index contributed by atoms with van der Waals surface area (Å²) >= 11 is 6.10. The topological polar surface area (TPSA) is 87.7 Å². The Morgan fingerprint density at radius 2 is 2.00 bits per heavy atom. The number of hydrogen-bond acceptors (Lipinski definition) is 5. The third-order valence-electron chi connectivity index (χ3n) is 5.03. The third-order valence-corrected chi connectivity index (χ3v) is 6.75. The lowest BCUT2D eigenvalue weighted by atomic mass is 10.1. The smallest absolute Gasteiger partial charge is 0.304 e. The standard InChI is InChI=1S/C17H23ClFN3O4S/c1-20-12-8-22(9-12)27(24,25)21-17(23)13-6-14(18)16(7-15(13)19)26-10-11-4-2-3-5-11/h6-7,11-12,20H,2-5,8-10H2,1H3,(H,21,23). The lowest BCUT2D eigenvalue weighted by Crippen LogP contribution is -2.61. The van der Waals surface area contributed by atoms with Crippen molar-refractivity contribution in [1.29, 1.82) is 0 Å². The maximum Gasteiger partial charge on any atom is 0.304 e. The number of halogens is 2. The zero-order valence-corrected chi connectivity index (χ0v) is 16.6. The van der Waals surface area contributed by atoms with Crippen LogP contribution in [0.3, 0.4) is 0 Å². The molecule has 0 bridgehead atoms. The molecule has 2 aliphatic rings. The number of ether oxygens (including phenoxy) is 1.